The number of hydrogen-bond acceptors (Lipinski definition) is 2. The Hall–Kier alpha value is -7.20. The Morgan fingerprint density at radius 2 is 0.912 bits per heavy atom. The van der Waals surface area contributed by atoms with Crippen molar-refractivity contribution in [2.24, 2.45) is 0 Å². The van der Waals surface area contributed by atoms with Crippen LogP contribution in [-0.2, 0) is 0 Å². The van der Waals surface area contributed by atoms with Crippen molar-refractivity contribution in [3.8, 4) is 39.1 Å². The highest BCUT2D eigenvalue weighted by Crippen LogP contribution is 2.49. The molecule has 11 aromatic rings. The van der Waals surface area contributed by atoms with Gasteiger partial charge in [-0.15, -0.1) is 11.3 Å². The van der Waals surface area contributed by atoms with Gasteiger partial charge in [0.2, 0.25) is 0 Å². The van der Waals surface area contributed by atoms with Crippen LogP contribution in [0.15, 0.2) is 218 Å². The van der Waals surface area contributed by atoms with Gasteiger partial charge in [0.05, 0.1) is 16.7 Å². The van der Waals surface area contributed by atoms with Gasteiger partial charge in [0.15, 0.2) is 0 Å². The van der Waals surface area contributed by atoms with E-state index in [1.807, 2.05) is 11.3 Å². The van der Waals surface area contributed by atoms with Gasteiger partial charge in [0.1, 0.15) is 0 Å². The topological polar surface area (TPSA) is 8.17 Å². The average Bonchev–Trinajstić information content (AvgIpc) is 3.82. The van der Waals surface area contributed by atoms with E-state index in [0.717, 1.165) is 22.7 Å². The van der Waals surface area contributed by atoms with Gasteiger partial charge in [-0.2, -0.15) is 0 Å². The maximum atomic E-state index is 2.49. The molecule has 0 bridgehead atoms. The smallest absolute Gasteiger partial charge is 0.0546 e. The minimum absolute atomic E-state index is 1.10. The monoisotopic (exact) mass is 744 g/mol. The quantitative estimate of drug-likeness (QED) is 0.158. The van der Waals surface area contributed by atoms with E-state index < -0.39 is 0 Å². The van der Waals surface area contributed by atoms with Crippen LogP contribution in [0.2, 0.25) is 0 Å². The van der Waals surface area contributed by atoms with Gasteiger partial charge in [0, 0.05) is 53.6 Å². The molecule has 2 aromatic heterocycles. The van der Waals surface area contributed by atoms with Gasteiger partial charge in [0.25, 0.3) is 0 Å². The summed E-state index contributed by atoms with van der Waals surface area (Å²) < 4.78 is 4.96. The highest BCUT2D eigenvalue weighted by Gasteiger charge is 2.24. The van der Waals surface area contributed by atoms with E-state index in [9.17, 15) is 0 Å². The van der Waals surface area contributed by atoms with E-state index >= 15 is 0 Å². The molecule has 0 N–H and O–H groups in total. The molecule has 57 heavy (non-hydrogen) atoms. The molecule has 9 aromatic carbocycles. The highest BCUT2D eigenvalue weighted by molar-refractivity contribution is 7.25. The van der Waals surface area contributed by atoms with Gasteiger partial charge in [-0.25, -0.2) is 0 Å². The lowest BCUT2D eigenvalue weighted by Gasteiger charge is -2.30. The molecule has 0 atom stereocenters. The summed E-state index contributed by atoms with van der Waals surface area (Å²) in [4.78, 5) is 2.49. The molecule has 0 radical (unpaired) electrons. The van der Waals surface area contributed by atoms with Crippen molar-refractivity contribution in [3.05, 3.63) is 218 Å². The number of thiophene rings is 1. The molecule has 0 unspecified atom stereocenters. The molecule has 268 valence electrons. The Balaban J connectivity index is 1.23. The third-order valence-electron chi connectivity index (χ3n) is 11.2. The average molecular weight is 745 g/mol. The zero-order chi connectivity index (χ0) is 37.7. The normalized spacial score (nSPS) is 11.5. The first kappa shape index (κ1) is 33.2. The fourth-order valence-corrected chi connectivity index (χ4v) is 9.81. The maximum absolute atomic E-state index is 2.49. The molecule has 0 saturated carbocycles. The summed E-state index contributed by atoms with van der Waals surface area (Å²) in [5, 5.41) is 5.03. The minimum atomic E-state index is 1.10. The van der Waals surface area contributed by atoms with Crippen LogP contribution in [0, 0.1) is 0 Å². The summed E-state index contributed by atoms with van der Waals surface area (Å²) in [7, 11) is 0. The lowest BCUT2D eigenvalue weighted by Crippen LogP contribution is -2.12. The van der Waals surface area contributed by atoms with Gasteiger partial charge in [-0.3, -0.25) is 0 Å². The van der Waals surface area contributed by atoms with Crippen LogP contribution < -0.4 is 4.90 Å². The summed E-state index contributed by atoms with van der Waals surface area (Å²) in [5.74, 6) is 0. The molecule has 2 heterocycles. The number of para-hydroxylation sites is 2. The highest BCUT2D eigenvalue weighted by atomic mass is 32.1. The standard InChI is InChI=1S/C54H36N2S/c1-4-17-37(18-5-1)42-23-10-11-26-47(42)54-43(38-19-6-2-7-20-38)27-16-29-51(54)55(41-31-33-46-45-25-13-15-30-52(45)57-53(46)36-41)40-32-34-50-48(35-40)44-24-12-14-28-49(44)56(50)39-21-8-3-9-22-39/h1-36H. The van der Waals surface area contributed by atoms with Gasteiger partial charge < -0.3 is 9.47 Å². The van der Waals surface area contributed by atoms with E-state index in [1.165, 1.54) is 75.4 Å². The molecule has 0 fully saturated rings. The second-order valence-electron chi connectivity index (χ2n) is 14.5. The number of hydrogen-bond donors (Lipinski definition) is 0. The van der Waals surface area contributed by atoms with Crippen LogP contribution in [-0.4, -0.2) is 4.57 Å². The van der Waals surface area contributed by atoms with E-state index in [0.29, 0.717) is 0 Å². The van der Waals surface area contributed by atoms with Gasteiger partial charge in [-0.1, -0.05) is 158 Å². The lowest BCUT2D eigenvalue weighted by molar-refractivity contribution is 1.18. The summed E-state index contributed by atoms with van der Waals surface area (Å²) in [6.45, 7) is 0. The molecule has 0 saturated heterocycles. The summed E-state index contributed by atoms with van der Waals surface area (Å²) in [5.41, 5.74) is 14.0. The Bertz CT molecular complexity index is 3230. The predicted molar refractivity (Wildman–Crippen MR) is 245 cm³/mol. The maximum Gasteiger partial charge on any atom is 0.0546 e. The molecule has 0 spiro atoms. The minimum Gasteiger partial charge on any atom is -0.310 e. The first-order valence-electron chi connectivity index (χ1n) is 19.4. The van der Waals surface area contributed by atoms with E-state index in [1.54, 1.807) is 0 Å². The SMILES string of the molecule is c1ccc(-c2ccccc2-c2c(-c3ccccc3)cccc2N(c2ccc3c(c2)sc2ccccc23)c2ccc3c(c2)c2ccccc2n3-c2ccccc2)cc1. The van der Waals surface area contributed by atoms with Crippen LogP contribution >= 0.6 is 11.3 Å². The second kappa shape index (κ2) is 13.8. The molecule has 0 amide bonds. The van der Waals surface area contributed by atoms with E-state index in [2.05, 4.69) is 228 Å². The molecular formula is C54H36N2S. The van der Waals surface area contributed by atoms with Crippen molar-refractivity contribution in [3.63, 3.8) is 0 Å². The van der Waals surface area contributed by atoms with Gasteiger partial charge in [-0.05, 0) is 88.5 Å². The van der Waals surface area contributed by atoms with Crippen LogP contribution in [0.25, 0.3) is 81.0 Å². The van der Waals surface area contributed by atoms with Crippen LogP contribution in [0.3, 0.4) is 0 Å². The number of rotatable bonds is 7. The molecule has 0 aliphatic heterocycles. The Morgan fingerprint density at radius 3 is 1.70 bits per heavy atom. The lowest BCUT2D eigenvalue weighted by atomic mass is 9.87. The van der Waals surface area contributed by atoms with Crippen LogP contribution in [0.4, 0.5) is 17.1 Å². The summed E-state index contributed by atoms with van der Waals surface area (Å²) >= 11 is 1.86. The molecule has 11 rings (SSSR count). The van der Waals surface area contributed by atoms with Crippen molar-refractivity contribution in [1.29, 1.82) is 0 Å². The largest absolute Gasteiger partial charge is 0.310 e. The first-order valence-corrected chi connectivity index (χ1v) is 20.3. The van der Waals surface area contributed by atoms with Gasteiger partial charge >= 0.3 is 0 Å². The molecule has 0 aliphatic carbocycles. The number of nitrogens with zero attached hydrogens (tertiary/aromatic N) is 2. The Morgan fingerprint density at radius 1 is 0.351 bits per heavy atom. The van der Waals surface area contributed by atoms with Crippen LogP contribution in [0.1, 0.15) is 0 Å². The fourth-order valence-electron chi connectivity index (χ4n) is 8.67. The van der Waals surface area contributed by atoms with E-state index in [-0.39, 0.29) is 0 Å². The third kappa shape index (κ3) is 5.63. The number of benzene rings is 9. The molecular weight excluding hydrogens is 709 g/mol. The molecule has 0 aliphatic rings. The second-order valence-corrected chi connectivity index (χ2v) is 15.6. The first-order chi connectivity index (χ1) is 28.3. The zero-order valence-corrected chi connectivity index (χ0v) is 31.9. The van der Waals surface area contributed by atoms with Crippen molar-refractivity contribution in [2.45, 2.75) is 0 Å². The Labute approximate surface area is 335 Å². The fraction of sp³-hybridized carbons (Fsp3) is 0. The van der Waals surface area contributed by atoms with Crippen molar-refractivity contribution in [2.75, 3.05) is 4.90 Å². The zero-order valence-electron chi connectivity index (χ0n) is 31.1. The number of aromatic nitrogens is 1. The third-order valence-corrected chi connectivity index (χ3v) is 12.3. The number of fused-ring (bicyclic) bond motifs is 6. The summed E-state index contributed by atoms with van der Waals surface area (Å²) in [6.07, 6.45) is 0. The molecule has 3 heteroatoms. The number of anilines is 3. The van der Waals surface area contributed by atoms with Crippen molar-refractivity contribution < 1.29 is 0 Å². The van der Waals surface area contributed by atoms with Crippen molar-refractivity contribution >= 4 is 70.4 Å². The predicted octanol–water partition coefficient (Wildman–Crippen LogP) is 15.6. The van der Waals surface area contributed by atoms with Crippen molar-refractivity contribution in [1.82, 2.24) is 4.57 Å². The summed E-state index contributed by atoms with van der Waals surface area (Å²) in [6, 6.07) is 79.5. The van der Waals surface area contributed by atoms with Crippen LogP contribution in [0.5, 0.6) is 0 Å². The Kier molecular flexibility index (Phi) is 8.04. The molecule has 2 nitrogen and oxygen atoms in total. The van der Waals surface area contributed by atoms with E-state index in [4.69, 9.17) is 0 Å².